The van der Waals surface area contributed by atoms with Gasteiger partial charge in [0.2, 0.25) is 0 Å². The van der Waals surface area contributed by atoms with E-state index in [-0.39, 0.29) is 6.10 Å². The maximum absolute atomic E-state index is 10.0. The van der Waals surface area contributed by atoms with Crippen molar-refractivity contribution in [3.8, 4) is 11.5 Å². The van der Waals surface area contributed by atoms with E-state index in [2.05, 4.69) is 5.32 Å². The Balaban J connectivity index is 2.13. The normalized spacial score (nSPS) is 20.4. The number of benzene rings is 1. The van der Waals surface area contributed by atoms with Gasteiger partial charge < -0.3 is 24.6 Å². The van der Waals surface area contributed by atoms with Gasteiger partial charge in [0.25, 0.3) is 0 Å². The fraction of sp³-hybridized carbons (Fsp3) is 0.600. The minimum absolute atomic E-state index is 0.0503. The molecule has 2 rings (SSSR count). The summed E-state index contributed by atoms with van der Waals surface area (Å²) in [5, 5.41) is 13.0. The zero-order valence-electron chi connectivity index (χ0n) is 12.1. The van der Waals surface area contributed by atoms with E-state index < -0.39 is 6.10 Å². The van der Waals surface area contributed by atoms with Crippen LogP contribution >= 0.6 is 0 Å². The quantitative estimate of drug-likeness (QED) is 0.827. The Hall–Kier alpha value is -1.30. The summed E-state index contributed by atoms with van der Waals surface area (Å²) in [5.74, 6) is 1.34. The Labute approximate surface area is 119 Å². The third-order valence-corrected chi connectivity index (χ3v) is 3.38. The van der Waals surface area contributed by atoms with Gasteiger partial charge in [-0.2, -0.15) is 0 Å². The highest BCUT2D eigenvalue weighted by atomic mass is 16.5. The predicted molar refractivity (Wildman–Crippen MR) is 76.3 cm³/mol. The fourth-order valence-electron chi connectivity index (χ4n) is 2.29. The molecule has 0 saturated carbocycles. The third kappa shape index (κ3) is 3.85. The van der Waals surface area contributed by atoms with Crippen molar-refractivity contribution in [3.63, 3.8) is 0 Å². The molecule has 0 radical (unpaired) electrons. The van der Waals surface area contributed by atoms with E-state index in [0.717, 1.165) is 25.0 Å². The molecule has 0 spiro atoms. The van der Waals surface area contributed by atoms with E-state index in [1.165, 1.54) is 0 Å². The summed E-state index contributed by atoms with van der Waals surface area (Å²) >= 11 is 0. The average Bonchev–Trinajstić information content (AvgIpc) is 2.48. The van der Waals surface area contributed by atoms with Gasteiger partial charge in [0.15, 0.2) is 11.5 Å². The molecule has 0 aliphatic carbocycles. The molecule has 1 aliphatic rings. The predicted octanol–water partition coefficient (Wildman–Crippen LogP) is 1.51. The summed E-state index contributed by atoms with van der Waals surface area (Å²) in [7, 11) is 3.42. The number of aliphatic hydroxyl groups is 1. The van der Waals surface area contributed by atoms with Crippen LogP contribution in [0.4, 0.5) is 0 Å². The standard InChI is InChI=1S/C15H23NO4/c1-16-9-13(17)11-5-6-14(18-2)15(8-11)20-12-4-3-7-19-10-12/h5-6,8,12-13,16-17H,3-4,7,9-10H2,1-2H3. The molecule has 5 heteroatoms. The molecule has 5 nitrogen and oxygen atoms in total. The number of hydrogen-bond donors (Lipinski definition) is 2. The number of rotatable bonds is 6. The van der Waals surface area contributed by atoms with Crippen LogP contribution in [0.15, 0.2) is 18.2 Å². The molecule has 1 saturated heterocycles. The van der Waals surface area contributed by atoms with Crippen molar-refractivity contribution >= 4 is 0 Å². The largest absolute Gasteiger partial charge is 0.493 e. The van der Waals surface area contributed by atoms with Crippen LogP contribution in [0.25, 0.3) is 0 Å². The van der Waals surface area contributed by atoms with E-state index in [9.17, 15) is 5.11 Å². The van der Waals surface area contributed by atoms with Gasteiger partial charge in [-0.1, -0.05) is 6.07 Å². The van der Waals surface area contributed by atoms with Crippen molar-refractivity contribution in [1.29, 1.82) is 0 Å². The lowest BCUT2D eigenvalue weighted by atomic mass is 10.1. The molecule has 0 amide bonds. The molecule has 2 unspecified atom stereocenters. The van der Waals surface area contributed by atoms with Crippen molar-refractivity contribution in [3.05, 3.63) is 23.8 Å². The third-order valence-electron chi connectivity index (χ3n) is 3.38. The molecule has 0 bridgehead atoms. The van der Waals surface area contributed by atoms with Crippen molar-refractivity contribution in [1.82, 2.24) is 5.32 Å². The van der Waals surface area contributed by atoms with Gasteiger partial charge in [-0.05, 0) is 37.6 Å². The van der Waals surface area contributed by atoms with Crippen molar-refractivity contribution < 1.29 is 19.3 Å². The second kappa shape index (κ2) is 7.47. The number of likely N-dealkylation sites (N-methyl/N-ethyl adjacent to an activating group) is 1. The molecule has 112 valence electrons. The summed E-state index contributed by atoms with van der Waals surface area (Å²) in [6.07, 6.45) is 1.48. The summed E-state index contributed by atoms with van der Waals surface area (Å²) in [4.78, 5) is 0. The number of nitrogens with one attached hydrogen (secondary N) is 1. The lowest BCUT2D eigenvalue weighted by Gasteiger charge is -2.24. The first-order chi connectivity index (χ1) is 9.74. The molecule has 20 heavy (non-hydrogen) atoms. The van der Waals surface area contributed by atoms with Gasteiger partial charge in [0.05, 0.1) is 19.8 Å². The minimum Gasteiger partial charge on any atom is -0.493 e. The van der Waals surface area contributed by atoms with Crippen LogP contribution in [0.2, 0.25) is 0 Å². The molecule has 2 N–H and O–H groups in total. The molecule has 1 heterocycles. The lowest BCUT2D eigenvalue weighted by Crippen LogP contribution is -2.28. The van der Waals surface area contributed by atoms with Crippen LogP contribution < -0.4 is 14.8 Å². The van der Waals surface area contributed by atoms with Crippen molar-refractivity contribution in [2.24, 2.45) is 0 Å². The molecule has 1 aromatic rings. The molecular weight excluding hydrogens is 258 g/mol. The van der Waals surface area contributed by atoms with Gasteiger partial charge in [-0.3, -0.25) is 0 Å². The number of ether oxygens (including phenoxy) is 3. The number of hydrogen-bond acceptors (Lipinski definition) is 5. The minimum atomic E-state index is -0.559. The van der Waals surface area contributed by atoms with E-state index in [1.807, 2.05) is 25.2 Å². The molecule has 1 fully saturated rings. The Kier molecular flexibility index (Phi) is 5.64. The number of aliphatic hydroxyl groups excluding tert-OH is 1. The summed E-state index contributed by atoms with van der Waals surface area (Å²) in [6, 6.07) is 5.52. The SMILES string of the molecule is CNCC(O)c1ccc(OC)c(OC2CCCOC2)c1. The highest BCUT2D eigenvalue weighted by Gasteiger charge is 2.18. The highest BCUT2D eigenvalue weighted by molar-refractivity contribution is 5.43. The first-order valence-corrected chi connectivity index (χ1v) is 6.99. The molecule has 2 atom stereocenters. The van der Waals surface area contributed by atoms with E-state index in [4.69, 9.17) is 14.2 Å². The Bertz CT molecular complexity index is 418. The Morgan fingerprint density at radius 3 is 2.95 bits per heavy atom. The van der Waals surface area contributed by atoms with Crippen LogP contribution in [-0.4, -0.2) is 45.1 Å². The molecule has 0 aromatic heterocycles. The van der Waals surface area contributed by atoms with Crippen LogP contribution in [0.5, 0.6) is 11.5 Å². The van der Waals surface area contributed by atoms with Crippen molar-refractivity contribution in [2.45, 2.75) is 25.0 Å². The fourth-order valence-corrected chi connectivity index (χ4v) is 2.29. The first kappa shape index (κ1) is 15.1. The van der Waals surface area contributed by atoms with Gasteiger partial charge >= 0.3 is 0 Å². The van der Waals surface area contributed by atoms with E-state index in [0.29, 0.717) is 24.7 Å². The van der Waals surface area contributed by atoms with Crippen LogP contribution in [0, 0.1) is 0 Å². The molecule has 1 aliphatic heterocycles. The van der Waals surface area contributed by atoms with Crippen molar-refractivity contribution in [2.75, 3.05) is 33.9 Å². The second-order valence-corrected chi connectivity index (χ2v) is 4.94. The maximum atomic E-state index is 10.0. The molecule has 1 aromatic carbocycles. The molecular formula is C15H23NO4. The van der Waals surface area contributed by atoms with Gasteiger partial charge in [-0.15, -0.1) is 0 Å². The average molecular weight is 281 g/mol. The first-order valence-electron chi connectivity index (χ1n) is 6.99. The number of methoxy groups -OCH3 is 1. The smallest absolute Gasteiger partial charge is 0.162 e. The highest BCUT2D eigenvalue weighted by Crippen LogP contribution is 2.32. The second-order valence-electron chi connectivity index (χ2n) is 4.94. The van der Waals surface area contributed by atoms with Crippen LogP contribution in [0.1, 0.15) is 24.5 Å². The zero-order valence-corrected chi connectivity index (χ0v) is 12.1. The van der Waals surface area contributed by atoms with Gasteiger partial charge in [0, 0.05) is 13.2 Å². The van der Waals surface area contributed by atoms with Gasteiger partial charge in [0.1, 0.15) is 6.10 Å². The van der Waals surface area contributed by atoms with Crippen LogP contribution in [0.3, 0.4) is 0 Å². The summed E-state index contributed by atoms with van der Waals surface area (Å²) in [5.41, 5.74) is 0.812. The lowest BCUT2D eigenvalue weighted by molar-refractivity contribution is 0.00632. The Morgan fingerprint density at radius 2 is 2.30 bits per heavy atom. The summed E-state index contributed by atoms with van der Waals surface area (Å²) in [6.45, 7) is 1.91. The topological polar surface area (TPSA) is 60.0 Å². The zero-order chi connectivity index (χ0) is 14.4. The Morgan fingerprint density at radius 1 is 1.45 bits per heavy atom. The van der Waals surface area contributed by atoms with Gasteiger partial charge in [-0.25, -0.2) is 0 Å². The van der Waals surface area contributed by atoms with Crippen LogP contribution in [-0.2, 0) is 4.74 Å². The van der Waals surface area contributed by atoms with E-state index in [1.54, 1.807) is 7.11 Å². The summed E-state index contributed by atoms with van der Waals surface area (Å²) < 4.78 is 16.7. The van der Waals surface area contributed by atoms with E-state index >= 15 is 0 Å². The maximum Gasteiger partial charge on any atom is 0.162 e. The monoisotopic (exact) mass is 281 g/mol.